The van der Waals surface area contributed by atoms with Crippen LogP contribution >= 0.6 is 0 Å². The maximum absolute atomic E-state index is 11.4. The molecule has 1 atom stereocenters. The molecule has 1 unspecified atom stereocenters. The average molecular weight is 266 g/mol. The third-order valence-corrected chi connectivity index (χ3v) is 2.87. The largest absolute Gasteiger partial charge is 0.464 e. The Balaban J connectivity index is 1.58. The molecule has 0 amide bonds. The van der Waals surface area contributed by atoms with Gasteiger partial charge in [-0.15, -0.1) is 0 Å². The Morgan fingerprint density at radius 1 is 1.53 bits per heavy atom. The molecule has 0 radical (unpaired) electrons. The molecule has 1 aromatic rings. The Morgan fingerprint density at radius 3 is 3.11 bits per heavy atom. The molecule has 0 aromatic carbocycles. The van der Waals surface area contributed by atoms with Crippen LogP contribution < -0.4 is 0 Å². The number of esters is 1. The number of allylic oxidation sites excluding steroid dienone is 2. The Labute approximate surface area is 111 Å². The number of hydrogen-bond donors (Lipinski definition) is 0. The van der Waals surface area contributed by atoms with E-state index >= 15 is 0 Å². The van der Waals surface area contributed by atoms with Crippen LogP contribution in [-0.2, 0) is 20.9 Å². The van der Waals surface area contributed by atoms with E-state index in [4.69, 9.17) is 14.0 Å². The molecule has 2 rings (SSSR count). The van der Waals surface area contributed by atoms with Gasteiger partial charge >= 0.3 is 5.97 Å². The molecule has 6 nitrogen and oxygen atoms in total. The van der Waals surface area contributed by atoms with E-state index in [1.165, 1.54) is 0 Å². The number of ether oxygens (including phenoxy) is 2. The average Bonchev–Trinajstić information content (AvgIpc) is 2.83. The zero-order valence-electron chi connectivity index (χ0n) is 11.0. The maximum atomic E-state index is 11.4. The van der Waals surface area contributed by atoms with Crippen molar-refractivity contribution in [2.24, 2.45) is 5.92 Å². The van der Waals surface area contributed by atoms with Crippen molar-refractivity contribution in [2.75, 3.05) is 13.2 Å². The fourth-order valence-electron chi connectivity index (χ4n) is 1.88. The molecule has 1 aromatic heterocycles. The monoisotopic (exact) mass is 266 g/mol. The highest BCUT2D eigenvalue weighted by Gasteiger charge is 2.13. The number of nitrogens with zero attached hydrogens (tertiary/aromatic N) is 2. The minimum absolute atomic E-state index is 0.0933. The Morgan fingerprint density at radius 2 is 2.42 bits per heavy atom. The van der Waals surface area contributed by atoms with Crippen molar-refractivity contribution in [3.63, 3.8) is 0 Å². The summed E-state index contributed by atoms with van der Waals surface area (Å²) < 4.78 is 15.2. The third-order valence-electron chi connectivity index (χ3n) is 2.87. The number of carbonyl (C=O) groups excluding carboxylic acids is 1. The fourth-order valence-corrected chi connectivity index (χ4v) is 1.88. The maximum Gasteiger partial charge on any atom is 0.332 e. The number of hydrogen-bond acceptors (Lipinski definition) is 6. The van der Waals surface area contributed by atoms with Gasteiger partial charge in [0, 0.05) is 0 Å². The van der Waals surface area contributed by atoms with Gasteiger partial charge in [-0.05, 0) is 32.1 Å². The van der Waals surface area contributed by atoms with Gasteiger partial charge in [0.25, 0.3) is 5.89 Å². The summed E-state index contributed by atoms with van der Waals surface area (Å²) in [6.45, 7) is 2.22. The molecule has 19 heavy (non-hydrogen) atoms. The molecule has 104 valence electrons. The van der Waals surface area contributed by atoms with Crippen molar-refractivity contribution >= 4 is 5.97 Å². The van der Waals surface area contributed by atoms with Gasteiger partial charge in [0.1, 0.15) is 13.2 Å². The third kappa shape index (κ3) is 4.82. The van der Waals surface area contributed by atoms with Crippen molar-refractivity contribution in [3.05, 3.63) is 23.9 Å². The highest BCUT2D eigenvalue weighted by atomic mass is 16.6. The SMILES string of the molecule is Cc1noc(COCC(=O)OCC2CC=CCC2)n1. The number of rotatable bonds is 6. The van der Waals surface area contributed by atoms with Crippen LogP contribution in [0.5, 0.6) is 0 Å². The minimum atomic E-state index is -0.356. The number of aromatic nitrogens is 2. The lowest BCUT2D eigenvalue weighted by atomic mass is 9.95. The number of aryl methyl sites for hydroxylation is 1. The summed E-state index contributed by atoms with van der Waals surface area (Å²) >= 11 is 0. The molecule has 0 N–H and O–H groups in total. The van der Waals surface area contributed by atoms with Gasteiger partial charge in [0.05, 0.1) is 6.61 Å². The summed E-state index contributed by atoms with van der Waals surface area (Å²) in [4.78, 5) is 15.4. The second-order valence-electron chi connectivity index (χ2n) is 4.56. The first-order valence-electron chi connectivity index (χ1n) is 6.41. The van der Waals surface area contributed by atoms with E-state index in [1.807, 2.05) is 0 Å². The van der Waals surface area contributed by atoms with Crippen molar-refractivity contribution in [1.82, 2.24) is 10.1 Å². The smallest absolute Gasteiger partial charge is 0.332 e. The molecule has 0 aliphatic heterocycles. The first-order valence-corrected chi connectivity index (χ1v) is 6.41. The first kappa shape index (κ1) is 13.7. The fraction of sp³-hybridized carbons (Fsp3) is 0.615. The van der Waals surface area contributed by atoms with Crippen LogP contribution in [0.15, 0.2) is 16.7 Å². The van der Waals surface area contributed by atoms with E-state index in [0.29, 0.717) is 24.2 Å². The molecule has 0 saturated heterocycles. The highest BCUT2D eigenvalue weighted by Crippen LogP contribution is 2.18. The topological polar surface area (TPSA) is 74.5 Å². The van der Waals surface area contributed by atoms with Gasteiger partial charge in [-0.2, -0.15) is 4.98 Å². The van der Waals surface area contributed by atoms with E-state index in [-0.39, 0.29) is 19.2 Å². The Hall–Kier alpha value is -1.69. The molecule has 0 bridgehead atoms. The van der Waals surface area contributed by atoms with E-state index in [1.54, 1.807) is 6.92 Å². The van der Waals surface area contributed by atoms with Crippen molar-refractivity contribution < 1.29 is 18.8 Å². The van der Waals surface area contributed by atoms with E-state index in [0.717, 1.165) is 19.3 Å². The van der Waals surface area contributed by atoms with Crippen molar-refractivity contribution in [1.29, 1.82) is 0 Å². The standard InChI is InChI=1S/C13H18N2O4/c1-10-14-12(19-15-10)8-17-9-13(16)18-7-11-5-3-2-4-6-11/h2-3,11H,4-9H2,1H3. The first-order chi connectivity index (χ1) is 9.24. The number of carbonyl (C=O) groups is 1. The predicted molar refractivity (Wildman–Crippen MR) is 66.1 cm³/mol. The summed E-state index contributed by atoms with van der Waals surface area (Å²) in [6, 6.07) is 0. The summed E-state index contributed by atoms with van der Waals surface area (Å²) in [6.07, 6.45) is 7.42. The molecular formula is C13H18N2O4. The predicted octanol–water partition coefficient (Wildman–Crippen LogP) is 1.79. The molecule has 1 aliphatic carbocycles. The second kappa shape index (κ2) is 7.04. The van der Waals surface area contributed by atoms with Gasteiger partial charge in [-0.25, -0.2) is 4.79 Å². The Bertz CT molecular complexity index is 442. The molecule has 0 spiro atoms. The van der Waals surface area contributed by atoms with Crippen molar-refractivity contribution in [2.45, 2.75) is 32.8 Å². The van der Waals surface area contributed by atoms with E-state index < -0.39 is 0 Å². The normalized spacial score (nSPS) is 18.5. The van der Waals surface area contributed by atoms with Gasteiger partial charge < -0.3 is 14.0 Å². The van der Waals surface area contributed by atoms with Crippen molar-refractivity contribution in [3.8, 4) is 0 Å². The molecule has 0 saturated carbocycles. The summed E-state index contributed by atoms with van der Waals surface area (Å²) in [5, 5.41) is 3.62. The van der Waals surface area contributed by atoms with E-state index in [2.05, 4.69) is 22.3 Å². The van der Waals surface area contributed by atoms with Gasteiger partial charge in [0.15, 0.2) is 5.82 Å². The molecule has 1 aliphatic rings. The lowest BCUT2D eigenvalue weighted by Crippen LogP contribution is -2.18. The molecule has 6 heteroatoms. The zero-order valence-corrected chi connectivity index (χ0v) is 11.0. The van der Waals surface area contributed by atoms with E-state index in [9.17, 15) is 4.79 Å². The lowest BCUT2D eigenvalue weighted by molar-refractivity contribution is -0.151. The van der Waals surface area contributed by atoms with Gasteiger partial charge in [0.2, 0.25) is 0 Å². The summed E-state index contributed by atoms with van der Waals surface area (Å²) in [5.74, 6) is 0.993. The van der Waals surface area contributed by atoms with Crippen LogP contribution in [0.4, 0.5) is 0 Å². The van der Waals surface area contributed by atoms with Gasteiger partial charge in [-0.1, -0.05) is 17.3 Å². The van der Waals surface area contributed by atoms with Crippen LogP contribution in [0.25, 0.3) is 0 Å². The lowest BCUT2D eigenvalue weighted by Gasteiger charge is -2.17. The minimum Gasteiger partial charge on any atom is -0.464 e. The van der Waals surface area contributed by atoms with Crippen LogP contribution in [0.2, 0.25) is 0 Å². The summed E-state index contributed by atoms with van der Waals surface area (Å²) in [5.41, 5.74) is 0. The zero-order chi connectivity index (χ0) is 13.5. The quantitative estimate of drug-likeness (QED) is 0.577. The summed E-state index contributed by atoms with van der Waals surface area (Å²) in [7, 11) is 0. The Kier molecular flexibility index (Phi) is 5.09. The van der Waals surface area contributed by atoms with Crippen LogP contribution in [-0.4, -0.2) is 29.3 Å². The molecule has 0 fully saturated rings. The molecule has 1 heterocycles. The second-order valence-corrected chi connectivity index (χ2v) is 4.56. The van der Waals surface area contributed by atoms with Gasteiger partial charge in [-0.3, -0.25) is 0 Å². The molecular weight excluding hydrogens is 248 g/mol. The van der Waals surface area contributed by atoms with Crippen LogP contribution in [0.1, 0.15) is 31.0 Å². The highest BCUT2D eigenvalue weighted by molar-refractivity contribution is 5.70. The van der Waals surface area contributed by atoms with Crippen LogP contribution in [0, 0.1) is 12.8 Å². The van der Waals surface area contributed by atoms with Crippen LogP contribution in [0.3, 0.4) is 0 Å².